The number of aromatic nitrogens is 2. The summed E-state index contributed by atoms with van der Waals surface area (Å²) in [4.78, 5) is 2.41. The van der Waals surface area contributed by atoms with Gasteiger partial charge in [-0.2, -0.15) is 5.10 Å². The summed E-state index contributed by atoms with van der Waals surface area (Å²) in [6.07, 6.45) is 1.16. The molecule has 2 aromatic rings. The minimum atomic E-state index is -3.19. The average molecular weight is 348 g/mol. The monoisotopic (exact) mass is 348 g/mol. The molecule has 130 valence electrons. The van der Waals surface area contributed by atoms with E-state index in [1.54, 1.807) is 0 Å². The number of hydrogen-bond donors (Lipinski definition) is 1. The zero-order chi connectivity index (χ0) is 17.3. The minimum absolute atomic E-state index is 0.246. The first-order valence-electron chi connectivity index (χ1n) is 8.09. The fraction of sp³-hybridized carbons (Fsp3) is 0.471. The number of nitrogens with one attached hydrogen (secondary N) is 1. The molecule has 6 nitrogen and oxygen atoms in total. The third-order valence-electron chi connectivity index (χ3n) is 4.34. The topological polar surface area (TPSA) is 67.2 Å². The molecule has 0 saturated heterocycles. The van der Waals surface area contributed by atoms with Crippen molar-refractivity contribution in [1.82, 2.24) is 19.4 Å². The highest BCUT2D eigenvalue weighted by atomic mass is 32.2. The van der Waals surface area contributed by atoms with Crippen LogP contribution in [0.25, 0.3) is 0 Å². The Balaban J connectivity index is 1.68. The first-order chi connectivity index (χ1) is 11.3. The van der Waals surface area contributed by atoms with E-state index in [4.69, 9.17) is 0 Å². The summed E-state index contributed by atoms with van der Waals surface area (Å²) in [5.74, 6) is 0. The van der Waals surface area contributed by atoms with Crippen molar-refractivity contribution >= 4 is 10.0 Å². The molecule has 24 heavy (non-hydrogen) atoms. The van der Waals surface area contributed by atoms with Crippen LogP contribution >= 0.6 is 0 Å². The molecule has 1 aromatic carbocycles. The first kappa shape index (κ1) is 17.1. The van der Waals surface area contributed by atoms with Crippen molar-refractivity contribution in [2.75, 3.05) is 12.8 Å². The van der Waals surface area contributed by atoms with Gasteiger partial charge in [0.25, 0.3) is 0 Å². The van der Waals surface area contributed by atoms with Gasteiger partial charge in [0.15, 0.2) is 0 Å². The molecular weight excluding hydrogens is 324 g/mol. The molecule has 0 unspecified atom stereocenters. The van der Waals surface area contributed by atoms with E-state index >= 15 is 0 Å². The van der Waals surface area contributed by atoms with Gasteiger partial charge in [-0.3, -0.25) is 9.58 Å². The van der Waals surface area contributed by atoms with E-state index in [9.17, 15) is 8.42 Å². The molecule has 1 N–H and O–H groups in total. The lowest BCUT2D eigenvalue weighted by Gasteiger charge is -2.28. The van der Waals surface area contributed by atoms with Crippen LogP contribution in [-0.4, -0.2) is 35.9 Å². The van der Waals surface area contributed by atoms with Gasteiger partial charge in [-0.15, -0.1) is 0 Å². The smallest absolute Gasteiger partial charge is 0.209 e. The van der Waals surface area contributed by atoms with E-state index in [1.807, 2.05) is 10.7 Å². The Morgan fingerprint density at radius 2 is 2.00 bits per heavy atom. The van der Waals surface area contributed by atoms with Crippen LogP contribution in [0.15, 0.2) is 24.3 Å². The number of aryl methyl sites for hydroxylation is 2. The van der Waals surface area contributed by atoms with Crippen molar-refractivity contribution in [3.8, 4) is 0 Å². The Bertz CT molecular complexity index is 842. The Kier molecular flexibility index (Phi) is 4.76. The Labute approximate surface area is 143 Å². The van der Waals surface area contributed by atoms with Crippen LogP contribution in [0.5, 0.6) is 0 Å². The van der Waals surface area contributed by atoms with Crippen LogP contribution in [0.3, 0.4) is 0 Å². The molecule has 0 spiro atoms. The van der Waals surface area contributed by atoms with Crippen LogP contribution in [0.1, 0.15) is 28.1 Å². The number of benzene rings is 1. The van der Waals surface area contributed by atoms with Crippen molar-refractivity contribution in [1.29, 1.82) is 0 Å². The van der Waals surface area contributed by atoms with E-state index in [2.05, 4.69) is 46.8 Å². The normalized spacial score (nSPS) is 15.5. The standard InChI is InChI=1S/C17H24N4O2S/c1-13-4-5-14(2)15(8-13)11-20-6-7-21-17(12-20)9-16(19-21)10-18-24(3,22)23/h4-5,8-9,18H,6-7,10-12H2,1-3H3. The van der Waals surface area contributed by atoms with Gasteiger partial charge in [0.05, 0.1) is 30.7 Å². The predicted molar refractivity (Wildman–Crippen MR) is 93.9 cm³/mol. The predicted octanol–water partition coefficient (Wildman–Crippen LogP) is 1.56. The van der Waals surface area contributed by atoms with Gasteiger partial charge in [0.1, 0.15) is 0 Å². The molecule has 1 aliphatic heterocycles. The fourth-order valence-electron chi connectivity index (χ4n) is 3.02. The summed E-state index contributed by atoms with van der Waals surface area (Å²) in [6, 6.07) is 8.56. The van der Waals surface area contributed by atoms with Crippen LogP contribution in [0, 0.1) is 13.8 Å². The van der Waals surface area contributed by atoms with Gasteiger partial charge in [-0.1, -0.05) is 23.8 Å². The second kappa shape index (κ2) is 6.66. The second-order valence-corrected chi connectivity index (χ2v) is 8.42. The van der Waals surface area contributed by atoms with E-state index in [1.165, 1.54) is 16.7 Å². The zero-order valence-corrected chi connectivity index (χ0v) is 15.2. The van der Waals surface area contributed by atoms with Gasteiger partial charge in [0, 0.05) is 19.6 Å². The molecule has 0 atom stereocenters. The Morgan fingerprint density at radius 3 is 2.75 bits per heavy atom. The van der Waals surface area contributed by atoms with Crippen molar-refractivity contribution in [2.45, 2.75) is 40.0 Å². The molecule has 7 heteroatoms. The Morgan fingerprint density at radius 1 is 1.21 bits per heavy atom. The lowest BCUT2D eigenvalue weighted by atomic mass is 10.0. The molecule has 0 fully saturated rings. The maximum absolute atomic E-state index is 11.2. The fourth-order valence-corrected chi connectivity index (χ4v) is 3.43. The van der Waals surface area contributed by atoms with Gasteiger partial charge < -0.3 is 0 Å². The molecule has 0 aliphatic carbocycles. The quantitative estimate of drug-likeness (QED) is 0.891. The SMILES string of the molecule is Cc1ccc(C)c(CN2CCn3nc(CNS(C)(=O)=O)cc3C2)c1. The van der Waals surface area contributed by atoms with E-state index in [0.717, 1.165) is 43.8 Å². The molecule has 1 aromatic heterocycles. The van der Waals surface area contributed by atoms with Crippen molar-refractivity contribution in [3.63, 3.8) is 0 Å². The number of nitrogens with zero attached hydrogens (tertiary/aromatic N) is 3. The van der Waals surface area contributed by atoms with Crippen LogP contribution in [0.2, 0.25) is 0 Å². The van der Waals surface area contributed by atoms with Gasteiger partial charge in [-0.25, -0.2) is 13.1 Å². The van der Waals surface area contributed by atoms with E-state index in [0.29, 0.717) is 0 Å². The summed E-state index contributed by atoms with van der Waals surface area (Å²) in [6.45, 7) is 8.05. The van der Waals surface area contributed by atoms with Gasteiger partial charge in [-0.05, 0) is 31.0 Å². The Hall–Kier alpha value is -1.70. The molecule has 0 bridgehead atoms. The van der Waals surface area contributed by atoms with E-state index in [-0.39, 0.29) is 6.54 Å². The number of sulfonamides is 1. The molecule has 0 radical (unpaired) electrons. The molecule has 3 rings (SSSR count). The lowest BCUT2D eigenvalue weighted by molar-refractivity contribution is 0.204. The first-order valence-corrected chi connectivity index (χ1v) is 9.98. The van der Waals surface area contributed by atoms with Gasteiger partial charge >= 0.3 is 0 Å². The van der Waals surface area contributed by atoms with Gasteiger partial charge in [0.2, 0.25) is 10.0 Å². The molecule has 1 aliphatic rings. The van der Waals surface area contributed by atoms with Crippen LogP contribution < -0.4 is 4.72 Å². The highest BCUT2D eigenvalue weighted by Crippen LogP contribution is 2.19. The lowest BCUT2D eigenvalue weighted by Crippen LogP contribution is -2.33. The largest absolute Gasteiger partial charge is 0.291 e. The molecule has 0 amide bonds. The maximum Gasteiger partial charge on any atom is 0.209 e. The minimum Gasteiger partial charge on any atom is -0.291 e. The zero-order valence-electron chi connectivity index (χ0n) is 14.4. The third kappa shape index (κ3) is 4.23. The van der Waals surface area contributed by atoms with Crippen LogP contribution in [-0.2, 0) is 36.2 Å². The van der Waals surface area contributed by atoms with E-state index < -0.39 is 10.0 Å². The second-order valence-electron chi connectivity index (χ2n) is 6.58. The number of hydrogen-bond acceptors (Lipinski definition) is 4. The summed E-state index contributed by atoms with van der Waals surface area (Å²) in [5.41, 5.74) is 5.87. The third-order valence-corrected chi connectivity index (χ3v) is 5.01. The maximum atomic E-state index is 11.2. The summed E-state index contributed by atoms with van der Waals surface area (Å²) in [5, 5.41) is 4.49. The van der Waals surface area contributed by atoms with Crippen LogP contribution in [0.4, 0.5) is 0 Å². The highest BCUT2D eigenvalue weighted by Gasteiger charge is 2.19. The number of rotatable bonds is 5. The van der Waals surface area contributed by atoms with Crippen molar-refractivity contribution < 1.29 is 8.42 Å². The highest BCUT2D eigenvalue weighted by molar-refractivity contribution is 7.88. The number of fused-ring (bicyclic) bond motifs is 1. The molecule has 2 heterocycles. The van der Waals surface area contributed by atoms with Crippen molar-refractivity contribution in [3.05, 3.63) is 52.3 Å². The molecule has 0 saturated carbocycles. The summed E-state index contributed by atoms with van der Waals surface area (Å²) >= 11 is 0. The molecular formula is C17H24N4O2S. The summed E-state index contributed by atoms with van der Waals surface area (Å²) < 4.78 is 26.9. The summed E-state index contributed by atoms with van der Waals surface area (Å²) in [7, 11) is -3.19. The van der Waals surface area contributed by atoms with Crippen molar-refractivity contribution in [2.24, 2.45) is 0 Å². The average Bonchev–Trinajstić information content (AvgIpc) is 2.90.